The summed E-state index contributed by atoms with van der Waals surface area (Å²) in [6.45, 7) is 3.77. The van der Waals surface area contributed by atoms with Crippen LogP contribution in [0.4, 0.5) is 0 Å². The Kier molecular flexibility index (Phi) is 7.69. The van der Waals surface area contributed by atoms with Crippen LogP contribution in [0.3, 0.4) is 0 Å². The summed E-state index contributed by atoms with van der Waals surface area (Å²) in [5, 5.41) is 0. The normalized spacial score (nSPS) is 13.8. The lowest BCUT2D eigenvalue weighted by atomic mass is 10.3. The average molecular weight is 349 g/mol. The first-order valence-corrected chi connectivity index (χ1v) is 9.05. The molecule has 0 aliphatic rings. The van der Waals surface area contributed by atoms with Crippen molar-refractivity contribution in [2.24, 2.45) is 0 Å². The van der Waals surface area contributed by atoms with Gasteiger partial charge >= 0.3 is 8.25 Å². The second-order valence-electron chi connectivity index (χ2n) is 4.97. The van der Waals surface area contributed by atoms with Crippen molar-refractivity contribution in [3.8, 4) is 11.5 Å². The summed E-state index contributed by atoms with van der Waals surface area (Å²) in [5.74, 6) is 1.31. The highest BCUT2D eigenvalue weighted by molar-refractivity contribution is 7.33. The van der Waals surface area contributed by atoms with E-state index in [1.54, 1.807) is 0 Å². The zero-order chi connectivity index (χ0) is 17.2. The highest BCUT2D eigenvalue weighted by atomic mass is 31.1. The van der Waals surface area contributed by atoms with Gasteiger partial charge in [-0.3, -0.25) is 0 Å². The Morgan fingerprint density at radius 3 is 1.46 bits per heavy atom. The van der Waals surface area contributed by atoms with Crippen LogP contribution in [0.25, 0.3) is 0 Å². The van der Waals surface area contributed by atoms with Gasteiger partial charge in [-0.05, 0) is 24.3 Å². The molecule has 2 aromatic carbocycles. The van der Waals surface area contributed by atoms with E-state index in [0.717, 1.165) is 0 Å². The molecule has 0 amide bonds. The van der Waals surface area contributed by atoms with E-state index in [4.69, 9.17) is 18.5 Å². The van der Waals surface area contributed by atoms with Gasteiger partial charge in [0.1, 0.15) is 11.5 Å². The van der Waals surface area contributed by atoms with Crippen molar-refractivity contribution < 1.29 is 23.1 Å². The van der Waals surface area contributed by atoms with Gasteiger partial charge in [0.2, 0.25) is 0 Å². The standard InChI is InChI=1S/C18H22O5P/c1-3-17(20-15-11-7-5-8-12-15)22-24(19)23-18(4-2)21-16-13-9-6-10-14-16/h5-14,17-18H,3-4H2,1-2H3/q+1. The Labute approximate surface area is 143 Å². The van der Waals surface area contributed by atoms with Gasteiger partial charge in [-0.15, -0.1) is 0 Å². The number of para-hydroxylation sites is 2. The molecule has 2 aromatic rings. The van der Waals surface area contributed by atoms with E-state index in [1.165, 1.54) is 0 Å². The quantitative estimate of drug-likeness (QED) is 0.430. The number of hydrogen-bond acceptors (Lipinski definition) is 5. The molecule has 0 aromatic heterocycles. The topological polar surface area (TPSA) is 54.0 Å². The van der Waals surface area contributed by atoms with Crippen molar-refractivity contribution in [1.82, 2.24) is 0 Å². The van der Waals surface area contributed by atoms with Gasteiger partial charge in [-0.2, -0.15) is 0 Å². The summed E-state index contributed by atoms with van der Waals surface area (Å²) in [4.78, 5) is 0. The fourth-order valence-electron chi connectivity index (χ4n) is 1.88. The van der Waals surface area contributed by atoms with Crippen molar-refractivity contribution in [3.05, 3.63) is 60.7 Å². The van der Waals surface area contributed by atoms with Crippen molar-refractivity contribution >= 4 is 8.25 Å². The van der Waals surface area contributed by atoms with Crippen LogP contribution in [0.1, 0.15) is 26.7 Å². The molecular weight excluding hydrogens is 327 g/mol. The van der Waals surface area contributed by atoms with E-state index in [1.807, 2.05) is 74.5 Å². The molecule has 0 N–H and O–H groups in total. The van der Waals surface area contributed by atoms with Gasteiger partial charge in [0.15, 0.2) is 0 Å². The zero-order valence-corrected chi connectivity index (χ0v) is 14.7. The largest absolute Gasteiger partial charge is 0.705 e. The molecule has 0 fully saturated rings. The third-order valence-corrected chi connectivity index (χ3v) is 3.91. The predicted molar refractivity (Wildman–Crippen MR) is 92.1 cm³/mol. The smallest absolute Gasteiger partial charge is 0.460 e. The maximum Gasteiger partial charge on any atom is 0.705 e. The first-order chi connectivity index (χ1) is 11.7. The lowest BCUT2D eigenvalue weighted by molar-refractivity contribution is -0.0395. The molecule has 2 atom stereocenters. The highest BCUT2D eigenvalue weighted by Crippen LogP contribution is 2.31. The van der Waals surface area contributed by atoms with Gasteiger partial charge in [-0.25, -0.2) is 0 Å². The third-order valence-electron chi connectivity index (χ3n) is 3.10. The van der Waals surface area contributed by atoms with E-state index in [0.29, 0.717) is 24.3 Å². The Morgan fingerprint density at radius 2 is 1.12 bits per heavy atom. The van der Waals surface area contributed by atoms with Crippen molar-refractivity contribution in [1.29, 1.82) is 0 Å². The monoisotopic (exact) mass is 349 g/mol. The van der Waals surface area contributed by atoms with Gasteiger partial charge < -0.3 is 9.47 Å². The summed E-state index contributed by atoms with van der Waals surface area (Å²) < 4.78 is 34.1. The zero-order valence-electron chi connectivity index (χ0n) is 13.8. The predicted octanol–water partition coefficient (Wildman–Crippen LogP) is 5.31. The van der Waals surface area contributed by atoms with Crippen molar-refractivity contribution in [2.75, 3.05) is 0 Å². The Balaban J connectivity index is 1.85. The van der Waals surface area contributed by atoms with Crippen LogP contribution in [0.2, 0.25) is 0 Å². The minimum Gasteiger partial charge on any atom is -0.460 e. The SMILES string of the molecule is CCC(Oc1ccccc1)O[P+](=O)OC(CC)Oc1ccccc1. The summed E-state index contributed by atoms with van der Waals surface area (Å²) in [7, 11) is -2.36. The van der Waals surface area contributed by atoms with Gasteiger partial charge in [0, 0.05) is 17.4 Å². The van der Waals surface area contributed by atoms with E-state index in [-0.39, 0.29) is 0 Å². The Morgan fingerprint density at radius 1 is 0.750 bits per heavy atom. The number of hydrogen-bond donors (Lipinski definition) is 0. The van der Waals surface area contributed by atoms with Crippen LogP contribution in [0.5, 0.6) is 11.5 Å². The molecule has 24 heavy (non-hydrogen) atoms. The molecule has 2 unspecified atom stereocenters. The molecule has 0 aliphatic heterocycles. The first-order valence-electron chi connectivity index (χ1n) is 7.95. The number of ether oxygens (including phenoxy) is 2. The molecule has 0 bridgehead atoms. The molecule has 0 saturated heterocycles. The number of rotatable bonds is 10. The Bertz CT molecular complexity index is 552. The van der Waals surface area contributed by atoms with E-state index >= 15 is 0 Å². The second-order valence-corrected chi connectivity index (χ2v) is 5.84. The number of benzene rings is 2. The minimum absolute atomic E-state index is 0.537. The van der Waals surface area contributed by atoms with Crippen molar-refractivity contribution in [3.63, 3.8) is 0 Å². The van der Waals surface area contributed by atoms with Crippen LogP contribution in [-0.2, 0) is 13.6 Å². The van der Waals surface area contributed by atoms with Crippen LogP contribution < -0.4 is 9.47 Å². The maximum absolute atomic E-state index is 12.1. The van der Waals surface area contributed by atoms with Crippen LogP contribution >= 0.6 is 8.25 Å². The summed E-state index contributed by atoms with van der Waals surface area (Å²) >= 11 is 0. The highest BCUT2D eigenvalue weighted by Gasteiger charge is 2.32. The molecule has 0 saturated carbocycles. The molecular formula is C18H22O5P+. The molecule has 0 spiro atoms. The van der Waals surface area contributed by atoms with E-state index in [9.17, 15) is 4.57 Å². The fourth-order valence-corrected chi connectivity index (χ4v) is 2.70. The van der Waals surface area contributed by atoms with Crippen LogP contribution in [-0.4, -0.2) is 12.6 Å². The lowest BCUT2D eigenvalue weighted by Gasteiger charge is -2.13. The lowest BCUT2D eigenvalue weighted by Crippen LogP contribution is -2.20. The Hall–Kier alpha value is -1.94. The average Bonchev–Trinajstić information content (AvgIpc) is 2.62. The van der Waals surface area contributed by atoms with Crippen LogP contribution in [0, 0.1) is 0 Å². The molecule has 0 radical (unpaired) electrons. The summed E-state index contributed by atoms with van der Waals surface area (Å²) in [5.41, 5.74) is 0. The summed E-state index contributed by atoms with van der Waals surface area (Å²) in [6.07, 6.45) is -0.221. The first kappa shape index (κ1) is 18.4. The van der Waals surface area contributed by atoms with Crippen molar-refractivity contribution in [2.45, 2.75) is 39.3 Å². The van der Waals surface area contributed by atoms with Gasteiger partial charge in [0.25, 0.3) is 12.6 Å². The maximum atomic E-state index is 12.1. The molecule has 6 heteroatoms. The van der Waals surface area contributed by atoms with Gasteiger partial charge in [0.05, 0.1) is 0 Å². The third kappa shape index (κ3) is 6.28. The minimum atomic E-state index is -2.36. The molecule has 0 heterocycles. The molecule has 0 aliphatic carbocycles. The molecule has 128 valence electrons. The van der Waals surface area contributed by atoms with Crippen LogP contribution in [0.15, 0.2) is 60.7 Å². The molecule has 5 nitrogen and oxygen atoms in total. The fraction of sp³-hybridized carbons (Fsp3) is 0.333. The van der Waals surface area contributed by atoms with E-state index in [2.05, 4.69) is 0 Å². The molecule has 2 rings (SSSR count). The van der Waals surface area contributed by atoms with Gasteiger partial charge in [-0.1, -0.05) is 59.3 Å². The van der Waals surface area contributed by atoms with E-state index < -0.39 is 20.8 Å². The summed E-state index contributed by atoms with van der Waals surface area (Å²) in [6, 6.07) is 18.5. The second kappa shape index (κ2) is 10.0.